The molecule has 0 bridgehead atoms. The minimum Gasteiger partial charge on any atom is -0.358 e. The van der Waals surface area contributed by atoms with Gasteiger partial charge >= 0.3 is 0 Å². The van der Waals surface area contributed by atoms with E-state index < -0.39 is 0 Å². The highest BCUT2D eigenvalue weighted by Crippen LogP contribution is 2.31. The van der Waals surface area contributed by atoms with E-state index in [2.05, 4.69) is 46.5 Å². The molecule has 3 rings (SSSR count). The predicted octanol–water partition coefficient (Wildman–Crippen LogP) is 4.26. The number of para-hydroxylation sites is 1. The monoisotopic (exact) mass is 322 g/mol. The molecule has 0 aliphatic heterocycles. The molecule has 0 aliphatic rings. The third-order valence-corrected chi connectivity index (χ3v) is 5.69. The summed E-state index contributed by atoms with van der Waals surface area (Å²) in [4.78, 5) is 4.62. The molecule has 0 fully saturated rings. The van der Waals surface area contributed by atoms with E-state index in [0.29, 0.717) is 6.04 Å². The van der Waals surface area contributed by atoms with Crippen LogP contribution in [0.5, 0.6) is 0 Å². The molecule has 2 aromatic heterocycles. The molecule has 1 aromatic carbocycles. The lowest BCUT2D eigenvalue weighted by Crippen LogP contribution is -2.08. The first kappa shape index (κ1) is 13.8. The van der Waals surface area contributed by atoms with Crippen molar-refractivity contribution in [2.45, 2.75) is 30.0 Å². The summed E-state index contributed by atoms with van der Waals surface area (Å²) in [6.07, 6.45) is 0. The van der Waals surface area contributed by atoms with Crippen LogP contribution >= 0.6 is 34.4 Å². The number of anilines is 1. The maximum Gasteiger partial charge on any atom is 0.206 e. The third-order valence-electron chi connectivity index (χ3n) is 2.48. The molecule has 1 N–H and O–H groups in total. The van der Waals surface area contributed by atoms with Gasteiger partial charge in [-0.2, -0.15) is 0 Å². The van der Waals surface area contributed by atoms with Crippen molar-refractivity contribution in [3.05, 3.63) is 29.3 Å². The fourth-order valence-corrected chi connectivity index (χ4v) is 4.54. The fourth-order valence-electron chi connectivity index (χ4n) is 1.68. The van der Waals surface area contributed by atoms with Crippen molar-refractivity contribution >= 4 is 49.8 Å². The summed E-state index contributed by atoms with van der Waals surface area (Å²) < 4.78 is 2.22. The number of thioether (sulfide) groups is 1. The summed E-state index contributed by atoms with van der Waals surface area (Å²) in [5.41, 5.74) is 1.08. The Balaban J connectivity index is 1.65. The average Bonchev–Trinajstić information content (AvgIpc) is 3.01. The second-order valence-corrected chi connectivity index (χ2v) is 7.85. The number of fused-ring (bicyclic) bond motifs is 1. The van der Waals surface area contributed by atoms with Gasteiger partial charge in [0.05, 0.1) is 16.0 Å². The Morgan fingerprint density at radius 2 is 2.05 bits per heavy atom. The van der Waals surface area contributed by atoms with Gasteiger partial charge < -0.3 is 5.32 Å². The van der Waals surface area contributed by atoms with E-state index in [-0.39, 0.29) is 0 Å². The molecular formula is C13H14N4S3. The molecule has 4 nitrogen and oxygen atoms in total. The van der Waals surface area contributed by atoms with Crippen LogP contribution in [0, 0.1) is 0 Å². The molecule has 0 unspecified atom stereocenters. The van der Waals surface area contributed by atoms with E-state index in [1.807, 2.05) is 12.1 Å². The smallest absolute Gasteiger partial charge is 0.206 e. The molecule has 2 heterocycles. The van der Waals surface area contributed by atoms with Gasteiger partial charge in [0.25, 0.3) is 0 Å². The van der Waals surface area contributed by atoms with Crippen LogP contribution in [0.25, 0.3) is 10.2 Å². The second-order valence-electron chi connectivity index (χ2n) is 4.54. The molecule has 0 aliphatic carbocycles. The van der Waals surface area contributed by atoms with Crippen LogP contribution in [0.15, 0.2) is 28.6 Å². The minimum atomic E-state index is 0.380. The summed E-state index contributed by atoms with van der Waals surface area (Å²) in [6, 6.07) is 8.61. The van der Waals surface area contributed by atoms with E-state index in [9.17, 15) is 0 Å². The number of rotatable bonds is 5. The number of thiazole rings is 1. The molecule has 3 aromatic rings. The van der Waals surface area contributed by atoms with Crippen LogP contribution in [0.4, 0.5) is 5.13 Å². The number of nitrogens with zero attached hydrogens (tertiary/aromatic N) is 3. The van der Waals surface area contributed by atoms with Gasteiger partial charge in [0.2, 0.25) is 5.13 Å². The van der Waals surface area contributed by atoms with E-state index in [0.717, 1.165) is 25.7 Å². The molecule has 0 spiro atoms. The summed E-state index contributed by atoms with van der Waals surface area (Å²) in [5.74, 6) is 0.843. The van der Waals surface area contributed by atoms with Gasteiger partial charge in [-0.05, 0) is 26.0 Å². The Labute approximate surface area is 129 Å². The van der Waals surface area contributed by atoms with Crippen molar-refractivity contribution in [1.82, 2.24) is 15.2 Å². The van der Waals surface area contributed by atoms with Crippen LogP contribution in [0.2, 0.25) is 0 Å². The van der Waals surface area contributed by atoms with Gasteiger partial charge in [-0.15, -0.1) is 21.5 Å². The van der Waals surface area contributed by atoms with Gasteiger partial charge in [-0.1, -0.05) is 35.2 Å². The maximum absolute atomic E-state index is 4.62. The van der Waals surface area contributed by atoms with E-state index in [1.165, 1.54) is 4.70 Å². The highest BCUT2D eigenvalue weighted by molar-refractivity contribution is 8.00. The molecule has 104 valence electrons. The fraction of sp³-hybridized carbons (Fsp3) is 0.308. The minimum absolute atomic E-state index is 0.380. The Morgan fingerprint density at radius 1 is 1.20 bits per heavy atom. The summed E-state index contributed by atoms with van der Waals surface area (Å²) in [6.45, 7) is 4.19. The predicted molar refractivity (Wildman–Crippen MR) is 87.8 cm³/mol. The van der Waals surface area contributed by atoms with Crippen molar-refractivity contribution < 1.29 is 0 Å². The van der Waals surface area contributed by atoms with E-state index in [1.54, 1.807) is 34.4 Å². The lowest BCUT2D eigenvalue weighted by Gasteiger charge is -2.02. The molecule has 0 amide bonds. The lowest BCUT2D eigenvalue weighted by atomic mass is 10.3. The number of aromatic nitrogens is 3. The van der Waals surface area contributed by atoms with E-state index >= 15 is 0 Å². The first-order chi connectivity index (χ1) is 9.70. The molecular weight excluding hydrogens is 308 g/mol. The zero-order chi connectivity index (χ0) is 13.9. The Bertz CT molecular complexity index is 671. The number of benzene rings is 1. The van der Waals surface area contributed by atoms with Crippen LogP contribution < -0.4 is 5.32 Å². The summed E-state index contributed by atoms with van der Waals surface area (Å²) in [5, 5.41) is 13.6. The zero-order valence-electron chi connectivity index (χ0n) is 11.2. The number of hydrogen-bond donors (Lipinski definition) is 1. The van der Waals surface area contributed by atoms with Crippen molar-refractivity contribution in [2.75, 3.05) is 5.32 Å². The number of nitrogens with one attached hydrogen (secondary N) is 1. The third kappa shape index (κ3) is 3.28. The van der Waals surface area contributed by atoms with Gasteiger partial charge in [0.15, 0.2) is 4.34 Å². The Morgan fingerprint density at radius 3 is 2.85 bits per heavy atom. The highest BCUT2D eigenvalue weighted by atomic mass is 32.2. The normalized spacial score (nSPS) is 11.3. The molecule has 20 heavy (non-hydrogen) atoms. The average molecular weight is 322 g/mol. The SMILES string of the molecule is CC(C)Nc1nnc(SCc2nc3ccccc3s2)s1. The maximum atomic E-state index is 4.62. The van der Waals surface area contributed by atoms with Crippen LogP contribution in [-0.4, -0.2) is 21.2 Å². The molecule has 0 saturated heterocycles. The lowest BCUT2D eigenvalue weighted by molar-refractivity contribution is 0.883. The standard InChI is InChI=1S/C13H14N4S3/c1-8(2)14-12-16-17-13(20-12)18-7-11-15-9-5-3-4-6-10(9)19-11/h3-6,8H,7H2,1-2H3,(H,14,16). The molecule has 7 heteroatoms. The largest absolute Gasteiger partial charge is 0.358 e. The first-order valence-electron chi connectivity index (χ1n) is 6.28. The topological polar surface area (TPSA) is 50.7 Å². The van der Waals surface area contributed by atoms with Crippen LogP contribution in [0.3, 0.4) is 0 Å². The van der Waals surface area contributed by atoms with Gasteiger partial charge in [-0.25, -0.2) is 4.98 Å². The number of hydrogen-bond acceptors (Lipinski definition) is 7. The summed E-state index contributed by atoms with van der Waals surface area (Å²) in [7, 11) is 0. The Hall–Kier alpha value is -1.18. The van der Waals surface area contributed by atoms with Crippen molar-refractivity contribution in [3.8, 4) is 0 Å². The van der Waals surface area contributed by atoms with E-state index in [4.69, 9.17) is 0 Å². The quantitative estimate of drug-likeness (QED) is 0.711. The highest BCUT2D eigenvalue weighted by Gasteiger charge is 2.08. The molecule has 0 radical (unpaired) electrons. The van der Waals surface area contributed by atoms with Gasteiger partial charge in [0, 0.05) is 6.04 Å². The van der Waals surface area contributed by atoms with Crippen molar-refractivity contribution in [1.29, 1.82) is 0 Å². The van der Waals surface area contributed by atoms with Crippen LogP contribution in [0.1, 0.15) is 18.9 Å². The van der Waals surface area contributed by atoms with Gasteiger partial charge in [0.1, 0.15) is 5.01 Å². The first-order valence-corrected chi connectivity index (χ1v) is 8.90. The van der Waals surface area contributed by atoms with Gasteiger partial charge in [-0.3, -0.25) is 0 Å². The van der Waals surface area contributed by atoms with Crippen molar-refractivity contribution in [3.63, 3.8) is 0 Å². The molecule has 0 saturated carbocycles. The summed E-state index contributed by atoms with van der Waals surface area (Å²) >= 11 is 5.03. The zero-order valence-corrected chi connectivity index (χ0v) is 13.6. The van der Waals surface area contributed by atoms with Crippen molar-refractivity contribution in [2.24, 2.45) is 0 Å². The molecule has 0 atom stereocenters. The Kier molecular flexibility index (Phi) is 4.18. The van der Waals surface area contributed by atoms with Crippen LogP contribution in [-0.2, 0) is 5.75 Å². The second kappa shape index (κ2) is 6.07.